The number of thiophene rings is 1. The van der Waals surface area contributed by atoms with E-state index in [-0.39, 0.29) is 0 Å². The molecule has 2 aromatic rings. The van der Waals surface area contributed by atoms with Crippen LogP contribution in [0.1, 0.15) is 29.0 Å². The second-order valence-electron chi connectivity index (χ2n) is 3.59. The van der Waals surface area contributed by atoms with E-state index in [1.807, 2.05) is 18.4 Å². The van der Waals surface area contributed by atoms with E-state index in [1.165, 1.54) is 0 Å². The maximum absolute atomic E-state index is 8.70. The first-order valence-electron chi connectivity index (χ1n) is 5.43. The summed E-state index contributed by atoms with van der Waals surface area (Å²) in [5.41, 5.74) is 0.719. The van der Waals surface area contributed by atoms with Crippen LogP contribution in [0.15, 0.2) is 22.1 Å². The van der Waals surface area contributed by atoms with Gasteiger partial charge in [0.1, 0.15) is 11.8 Å². The lowest BCUT2D eigenvalue weighted by Gasteiger charge is -1.98. The summed E-state index contributed by atoms with van der Waals surface area (Å²) in [4.78, 5) is 5.30. The highest BCUT2D eigenvalue weighted by atomic mass is 32.1. The van der Waals surface area contributed by atoms with E-state index in [1.54, 1.807) is 17.5 Å². The molecule has 0 radical (unpaired) electrons. The summed E-state index contributed by atoms with van der Waals surface area (Å²) >= 11 is 1.58. The molecule has 0 atom stereocenters. The summed E-state index contributed by atoms with van der Waals surface area (Å²) < 4.78 is 5.47. The van der Waals surface area contributed by atoms with Crippen molar-refractivity contribution in [1.29, 1.82) is 5.26 Å². The summed E-state index contributed by atoms with van der Waals surface area (Å²) in [5.74, 6) is 1.61. The highest BCUT2D eigenvalue weighted by Crippen LogP contribution is 2.13. The Morgan fingerprint density at radius 3 is 3.06 bits per heavy atom. The van der Waals surface area contributed by atoms with Crippen LogP contribution in [-0.2, 0) is 19.5 Å². The lowest BCUT2D eigenvalue weighted by molar-refractivity contribution is 0.439. The van der Waals surface area contributed by atoms with Crippen LogP contribution < -0.4 is 5.32 Å². The third-order valence-electron chi connectivity index (χ3n) is 2.31. The SMILES string of the molecule is CCc1cnc(CNCc2cc(C#N)cs2)o1. The Labute approximate surface area is 104 Å². The fourth-order valence-corrected chi connectivity index (χ4v) is 2.20. The standard InChI is InChI=1S/C12H13N3OS/c1-2-10-5-15-12(16-10)7-14-6-11-3-9(4-13)8-17-11/h3,5,8,14H,2,6-7H2,1H3. The Kier molecular flexibility index (Phi) is 3.91. The molecule has 1 N–H and O–H groups in total. The molecule has 88 valence electrons. The van der Waals surface area contributed by atoms with Crippen molar-refractivity contribution in [3.8, 4) is 6.07 Å². The molecule has 0 unspecified atom stereocenters. The third kappa shape index (κ3) is 3.16. The van der Waals surface area contributed by atoms with Gasteiger partial charge in [-0.25, -0.2) is 4.98 Å². The van der Waals surface area contributed by atoms with Crippen molar-refractivity contribution in [2.75, 3.05) is 0 Å². The first kappa shape index (κ1) is 11.8. The molecule has 0 saturated carbocycles. The van der Waals surface area contributed by atoms with Crippen LogP contribution >= 0.6 is 11.3 Å². The minimum Gasteiger partial charge on any atom is -0.444 e. The number of hydrogen-bond donors (Lipinski definition) is 1. The Balaban J connectivity index is 1.81. The van der Waals surface area contributed by atoms with Gasteiger partial charge in [-0.05, 0) is 6.07 Å². The van der Waals surface area contributed by atoms with Gasteiger partial charge in [0.25, 0.3) is 0 Å². The van der Waals surface area contributed by atoms with Crippen LogP contribution in [-0.4, -0.2) is 4.98 Å². The molecule has 17 heavy (non-hydrogen) atoms. The predicted octanol–water partition coefficient (Wildman–Crippen LogP) is 2.46. The number of nitrogens with one attached hydrogen (secondary N) is 1. The molecule has 0 aliphatic heterocycles. The Bertz CT molecular complexity index is 524. The van der Waals surface area contributed by atoms with Gasteiger partial charge in [0.2, 0.25) is 5.89 Å². The number of oxazole rings is 1. The minimum atomic E-state index is 0.611. The molecule has 2 aromatic heterocycles. The molecule has 0 amide bonds. The topological polar surface area (TPSA) is 61.9 Å². The van der Waals surface area contributed by atoms with Gasteiger partial charge in [0, 0.05) is 23.2 Å². The molecule has 0 saturated heterocycles. The summed E-state index contributed by atoms with van der Waals surface area (Å²) in [5, 5.41) is 13.8. The van der Waals surface area contributed by atoms with E-state index in [9.17, 15) is 0 Å². The smallest absolute Gasteiger partial charge is 0.208 e. The fourth-order valence-electron chi connectivity index (χ4n) is 1.42. The van der Waals surface area contributed by atoms with Crippen molar-refractivity contribution in [2.45, 2.75) is 26.4 Å². The van der Waals surface area contributed by atoms with Crippen molar-refractivity contribution < 1.29 is 4.42 Å². The fraction of sp³-hybridized carbons (Fsp3) is 0.333. The minimum absolute atomic E-state index is 0.611. The number of aromatic nitrogens is 1. The molecular weight excluding hydrogens is 234 g/mol. The predicted molar refractivity (Wildman–Crippen MR) is 65.5 cm³/mol. The van der Waals surface area contributed by atoms with Crippen LogP contribution in [0, 0.1) is 11.3 Å². The molecule has 0 aliphatic carbocycles. The maximum Gasteiger partial charge on any atom is 0.208 e. The van der Waals surface area contributed by atoms with Gasteiger partial charge in [-0.3, -0.25) is 0 Å². The Morgan fingerprint density at radius 1 is 1.53 bits per heavy atom. The van der Waals surface area contributed by atoms with Crippen LogP contribution in [0.5, 0.6) is 0 Å². The molecule has 0 fully saturated rings. The van der Waals surface area contributed by atoms with Crippen molar-refractivity contribution in [3.05, 3.63) is 39.7 Å². The Hall–Kier alpha value is -1.64. The molecular formula is C12H13N3OS. The normalized spacial score (nSPS) is 10.4. The van der Waals surface area contributed by atoms with E-state index < -0.39 is 0 Å². The second-order valence-corrected chi connectivity index (χ2v) is 4.59. The number of nitrogens with zero attached hydrogens (tertiary/aromatic N) is 2. The van der Waals surface area contributed by atoms with E-state index in [2.05, 4.69) is 16.4 Å². The number of aryl methyl sites for hydroxylation is 1. The van der Waals surface area contributed by atoms with E-state index in [0.717, 1.165) is 29.2 Å². The van der Waals surface area contributed by atoms with Crippen molar-refractivity contribution in [3.63, 3.8) is 0 Å². The zero-order chi connectivity index (χ0) is 12.1. The Morgan fingerprint density at radius 2 is 2.41 bits per heavy atom. The van der Waals surface area contributed by atoms with Crippen molar-refractivity contribution >= 4 is 11.3 Å². The van der Waals surface area contributed by atoms with Crippen molar-refractivity contribution in [2.24, 2.45) is 0 Å². The van der Waals surface area contributed by atoms with Gasteiger partial charge >= 0.3 is 0 Å². The first-order valence-corrected chi connectivity index (χ1v) is 6.31. The zero-order valence-electron chi connectivity index (χ0n) is 9.56. The number of hydrogen-bond acceptors (Lipinski definition) is 5. The first-order chi connectivity index (χ1) is 8.31. The lowest BCUT2D eigenvalue weighted by atomic mass is 10.3. The number of rotatable bonds is 5. The summed E-state index contributed by atoms with van der Waals surface area (Å²) in [7, 11) is 0. The van der Waals surface area contributed by atoms with Crippen LogP contribution in [0.25, 0.3) is 0 Å². The van der Waals surface area contributed by atoms with E-state index in [4.69, 9.17) is 9.68 Å². The summed E-state index contributed by atoms with van der Waals surface area (Å²) in [6.45, 7) is 3.38. The van der Waals surface area contributed by atoms with Gasteiger partial charge in [0.05, 0.1) is 18.3 Å². The van der Waals surface area contributed by atoms with Gasteiger partial charge in [-0.15, -0.1) is 11.3 Å². The van der Waals surface area contributed by atoms with Crippen molar-refractivity contribution in [1.82, 2.24) is 10.3 Å². The average Bonchev–Trinajstić information content (AvgIpc) is 2.97. The molecule has 0 bridgehead atoms. The lowest BCUT2D eigenvalue weighted by Crippen LogP contribution is -2.11. The summed E-state index contributed by atoms with van der Waals surface area (Å²) in [6, 6.07) is 4.01. The summed E-state index contributed by atoms with van der Waals surface area (Å²) in [6.07, 6.45) is 2.62. The third-order valence-corrected chi connectivity index (χ3v) is 3.24. The maximum atomic E-state index is 8.70. The average molecular weight is 247 g/mol. The zero-order valence-corrected chi connectivity index (χ0v) is 10.4. The molecule has 2 heterocycles. The molecule has 0 aliphatic rings. The van der Waals surface area contributed by atoms with Crippen LogP contribution in [0.2, 0.25) is 0 Å². The second kappa shape index (κ2) is 5.62. The molecule has 0 aromatic carbocycles. The molecule has 0 spiro atoms. The van der Waals surface area contributed by atoms with Gasteiger partial charge in [-0.1, -0.05) is 6.92 Å². The molecule has 5 heteroatoms. The number of nitriles is 1. The monoisotopic (exact) mass is 247 g/mol. The van der Waals surface area contributed by atoms with E-state index >= 15 is 0 Å². The van der Waals surface area contributed by atoms with Gasteiger partial charge in [-0.2, -0.15) is 5.26 Å². The van der Waals surface area contributed by atoms with Crippen LogP contribution in [0.3, 0.4) is 0 Å². The highest BCUT2D eigenvalue weighted by molar-refractivity contribution is 7.10. The largest absolute Gasteiger partial charge is 0.444 e. The molecule has 2 rings (SSSR count). The quantitative estimate of drug-likeness (QED) is 0.881. The highest BCUT2D eigenvalue weighted by Gasteiger charge is 2.03. The van der Waals surface area contributed by atoms with Gasteiger partial charge in [0.15, 0.2) is 0 Å². The van der Waals surface area contributed by atoms with E-state index in [0.29, 0.717) is 12.4 Å². The van der Waals surface area contributed by atoms with Gasteiger partial charge < -0.3 is 9.73 Å². The molecule has 4 nitrogen and oxygen atoms in total. The van der Waals surface area contributed by atoms with Crippen LogP contribution in [0.4, 0.5) is 0 Å².